The Morgan fingerprint density at radius 1 is 1.38 bits per heavy atom. The van der Waals surface area contributed by atoms with Gasteiger partial charge in [-0.1, -0.05) is 6.07 Å². The molecule has 2 aromatic heterocycles. The minimum atomic E-state index is -0.563. The van der Waals surface area contributed by atoms with E-state index in [1.54, 1.807) is 21.8 Å². The van der Waals surface area contributed by atoms with E-state index in [2.05, 4.69) is 20.7 Å². The van der Waals surface area contributed by atoms with Crippen LogP contribution in [0.2, 0.25) is 0 Å². The summed E-state index contributed by atoms with van der Waals surface area (Å²) in [6.07, 6.45) is 1.69. The number of aromatic nitrogens is 3. The molecule has 1 saturated heterocycles. The normalized spacial score (nSPS) is 17.2. The summed E-state index contributed by atoms with van der Waals surface area (Å²) in [7, 11) is 0. The summed E-state index contributed by atoms with van der Waals surface area (Å²) in [4.78, 5) is 31.3. The number of pyridine rings is 1. The second-order valence-electron chi connectivity index (χ2n) is 6.24. The third-order valence-corrected chi connectivity index (χ3v) is 4.48. The summed E-state index contributed by atoms with van der Waals surface area (Å²) >= 11 is 0. The van der Waals surface area contributed by atoms with Crippen molar-refractivity contribution < 1.29 is 9.59 Å². The van der Waals surface area contributed by atoms with Crippen molar-refractivity contribution in [2.24, 2.45) is 0 Å². The van der Waals surface area contributed by atoms with Crippen molar-refractivity contribution in [3.63, 3.8) is 0 Å². The molecular weight excluding hydrogens is 332 g/mol. The molecule has 3 rings (SSSR count). The molecule has 1 aliphatic rings. The zero-order valence-corrected chi connectivity index (χ0v) is 15.1. The highest BCUT2D eigenvalue weighted by molar-refractivity contribution is 5.96. The standard InChI is InChI=1S/C18H24N6O2/c1-3-24-13(2)10-15(22-24)18(26)23-9-8-19-12-16(23)17(25)21-11-14-6-4-5-7-20-14/h4-7,10,16,19H,3,8-9,11-12H2,1-2H3,(H,21,25)/t16-/m0/s1. The predicted octanol–water partition coefficient (Wildman–Crippen LogP) is 0.337. The molecule has 0 aromatic carbocycles. The number of rotatable bonds is 5. The molecule has 2 amide bonds. The third kappa shape index (κ3) is 3.91. The quantitative estimate of drug-likeness (QED) is 0.806. The van der Waals surface area contributed by atoms with Crippen LogP contribution < -0.4 is 10.6 Å². The molecule has 0 spiro atoms. The molecular formula is C18H24N6O2. The summed E-state index contributed by atoms with van der Waals surface area (Å²) in [5.41, 5.74) is 2.09. The number of piperazine rings is 1. The van der Waals surface area contributed by atoms with Crippen LogP contribution >= 0.6 is 0 Å². The summed E-state index contributed by atoms with van der Waals surface area (Å²) in [5, 5.41) is 10.4. The van der Waals surface area contributed by atoms with E-state index in [0.29, 0.717) is 38.4 Å². The second-order valence-corrected chi connectivity index (χ2v) is 6.24. The van der Waals surface area contributed by atoms with E-state index < -0.39 is 6.04 Å². The van der Waals surface area contributed by atoms with Crippen LogP contribution in [0, 0.1) is 6.92 Å². The highest BCUT2D eigenvalue weighted by Crippen LogP contribution is 2.12. The van der Waals surface area contributed by atoms with Gasteiger partial charge in [0.2, 0.25) is 5.91 Å². The first-order valence-corrected chi connectivity index (χ1v) is 8.84. The van der Waals surface area contributed by atoms with Gasteiger partial charge in [0.15, 0.2) is 5.69 Å². The van der Waals surface area contributed by atoms with E-state index in [1.165, 1.54) is 0 Å². The Morgan fingerprint density at radius 3 is 2.92 bits per heavy atom. The van der Waals surface area contributed by atoms with Gasteiger partial charge < -0.3 is 15.5 Å². The molecule has 1 fully saturated rings. The molecule has 138 valence electrons. The molecule has 1 atom stereocenters. The molecule has 0 saturated carbocycles. The molecule has 26 heavy (non-hydrogen) atoms. The van der Waals surface area contributed by atoms with Crippen molar-refractivity contribution in [1.82, 2.24) is 30.3 Å². The molecule has 8 heteroatoms. The predicted molar refractivity (Wildman–Crippen MR) is 96.4 cm³/mol. The van der Waals surface area contributed by atoms with Crippen LogP contribution in [0.25, 0.3) is 0 Å². The molecule has 1 aliphatic heterocycles. The zero-order valence-electron chi connectivity index (χ0n) is 15.1. The lowest BCUT2D eigenvalue weighted by atomic mass is 10.1. The van der Waals surface area contributed by atoms with Crippen molar-refractivity contribution >= 4 is 11.8 Å². The molecule has 2 N–H and O–H groups in total. The average Bonchev–Trinajstić information content (AvgIpc) is 3.07. The Kier molecular flexibility index (Phi) is 5.62. The lowest BCUT2D eigenvalue weighted by molar-refractivity contribution is -0.126. The number of carbonyl (C=O) groups excluding carboxylic acids is 2. The second kappa shape index (κ2) is 8.09. The van der Waals surface area contributed by atoms with Crippen LogP contribution in [0.3, 0.4) is 0 Å². The summed E-state index contributed by atoms with van der Waals surface area (Å²) in [6, 6.07) is 6.76. The largest absolute Gasteiger partial charge is 0.349 e. The fourth-order valence-corrected chi connectivity index (χ4v) is 3.06. The minimum Gasteiger partial charge on any atom is -0.349 e. The Morgan fingerprint density at radius 2 is 2.23 bits per heavy atom. The zero-order chi connectivity index (χ0) is 18.5. The number of carbonyl (C=O) groups is 2. The van der Waals surface area contributed by atoms with Crippen molar-refractivity contribution in [2.45, 2.75) is 33.0 Å². The smallest absolute Gasteiger partial charge is 0.275 e. The fraction of sp³-hybridized carbons (Fsp3) is 0.444. The van der Waals surface area contributed by atoms with Crippen LogP contribution in [-0.4, -0.2) is 57.2 Å². The molecule has 3 heterocycles. The molecule has 8 nitrogen and oxygen atoms in total. The highest BCUT2D eigenvalue weighted by atomic mass is 16.2. The SMILES string of the molecule is CCn1nc(C(=O)N2CCNC[C@H]2C(=O)NCc2ccccn2)cc1C. The minimum absolute atomic E-state index is 0.192. The van der Waals surface area contributed by atoms with Gasteiger partial charge in [0.1, 0.15) is 6.04 Å². The van der Waals surface area contributed by atoms with Gasteiger partial charge in [0.25, 0.3) is 5.91 Å². The van der Waals surface area contributed by atoms with Gasteiger partial charge in [-0.3, -0.25) is 19.3 Å². The van der Waals surface area contributed by atoms with E-state index in [0.717, 1.165) is 11.4 Å². The third-order valence-electron chi connectivity index (χ3n) is 4.48. The lowest BCUT2D eigenvalue weighted by Crippen LogP contribution is -2.59. The molecule has 0 radical (unpaired) electrons. The van der Waals surface area contributed by atoms with Crippen LogP contribution in [0.15, 0.2) is 30.5 Å². The van der Waals surface area contributed by atoms with Gasteiger partial charge >= 0.3 is 0 Å². The van der Waals surface area contributed by atoms with Gasteiger partial charge in [-0.25, -0.2) is 0 Å². The molecule has 0 unspecified atom stereocenters. The van der Waals surface area contributed by atoms with Gasteiger partial charge in [-0.2, -0.15) is 5.10 Å². The Labute approximate surface area is 152 Å². The first kappa shape index (κ1) is 18.1. The maximum Gasteiger partial charge on any atom is 0.275 e. The van der Waals surface area contributed by atoms with E-state index in [4.69, 9.17) is 0 Å². The lowest BCUT2D eigenvalue weighted by Gasteiger charge is -2.34. The number of aryl methyl sites for hydroxylation is 2. The topological polar surface area (TPSA) is 92.2 Å². The van der Waals surface area contributed by atoms with Crippen LogP contribution in [0.4, 0.5) is 0 Å². The Hall–Kier alpha value is -2.74. The summed E-state index contributed by atoms with van der Waals surface area (Å²) in [6.45, 7) is 6.49. The first-order chi connectivity index (χ1) is 12.6. The van der Waals surface area contributed by atoms with Crippen molar-refractivity contribution in [3.8, 4) is 0 Å². The number of nitrogens with one attached hydrogen (secondary N) is 2. The fourth-order valence-electron chi connectivity index (χ4n) is 3.06. The van der Waals surface area contributed by atoms with Crippen LogP contribution in [0.1, 0.15) is 28.8 Å². The Balaban J connectivity index is 1.70. The van der Waals surface area contributed by atoms with Crippen molar-refractivity contribution in [1.29, 1.82) is 0 Å². The van der Waals surface area contributed by atoms with Crippen LogP contribution in [0.5, 0.6) is 0 Å². The first-order valence-electron chi connectivity index (χ1n) is 8.84. The van der Waals surface area contributed by atoms with Gasteiger partial charge in [-0.05, 0) is 32.0 Å². The van der Waals surface area contributed by atoms with Crippen molar-refractivity contribution in [3.05, 3.63) is 47.5 Å². The average molecular weight is 356 g/mol. The van der Waals surface area contributed by atoms with E-state index in [9.17, 15) is 9.59 Å². The van der Waals surface area contributed by atoms with Gasteiger partial charge in [0, 0.05) is 38.1 Å². The number of hydrogen-bond acceptors (Lipinski definition) is 5. The molecule has 0 aliphatic carbocycles. The van der Waals surface area contributed by atoms with Gasteiger partial charge in [0.05, 0.1) is 12.2 Å². The highest BCUT2D eigenvalue weighted by Gasteiger charge is 2.33. The summed E-state index contributed by atoms with van der Waals surface area (Å²) in [5.74, 6) is -0.400. The number of nitrogens with zero attached hydrogens (tertiary/aromatic N) is 4. The number of hydrogen-bond donors (Lipinski definition) is 2. The molecule has 2 aromatic rings. The summed E-state index contributed by atoms with van der Waals surface area (Å²) < 4.78 is 1.78. The van der Waals surface area contributed by atoms with E-state index >= 15 is 0 Å². The van der Waals surface area contributed by atoms with Gasteiger partial charge in [-0.15, -0.1) is 0 Å². The van der Waals surface area contributed by atoms with Crippen molar-refractivity contribution in [2.75, 3.05) is 19.6 Å². The van der Waals surface area contributed by atoms with E-state index in [-0.39, 0.29) is 11.8 Å². The monoisotopic (exact) mass is 356 g/mol. The maximum absolute atomic E-state index is 12.9. The maximum atomic E-state index is 12.9. The van der Waals surface area contributed by atoms with Crippen LogP contribution in [-0.2, 0) is 17.9 Å². The van der Waals surface area contributed by atoms with E-state index in [1.807, 2.05) is 32.0 Å². The molecule has 0 bridgehead atoms. The Bertz CT molecular complexity index is 773. The number of amides is 2.